The van der Waals surface area contributed by atoms with E-state index in [0.29, 0.717) is 35.7 Å². The Labute approximate surface area is 190 Å². The van der Waals surface area contributed by atoms with Gasteiger partial charge in [0, 0.05) is 5.56 Å². The Bertz CT molecular complexity index is 1400. The molecule has 0 radical (unpaired) electrons. The summed E-state index contributed by atoms with van der Waals surface area (Å²) in [5.74, 6) is 0.196. The zero-order valence-corrected chi connectivity index (χ0v) is 19.2. The third-order valence-corrected chi connectivity index (χ3v) is 7.47. The van der Waals surface area contributed by atoms with Gasteiger partial charge in [0.1, 0.15) is 15.7 Å². The van der Waals surface area contributed by atoms with E-state index in [1.807, 2.05) is 34.7 Å². The van der Waals surface area contributed by atoms with E-state index in [1.54, 1.807) is 49.4 Å². The van der Waals surface area contributed by atoms with Crippen molar-refractivity contribution in [2.75, 3.05) is 0 Å². The summed E-state index contributed by atoms with van der Waals surface area (Å²) in [5, 5.41) is 18.6. The maximum atomic E-state index is 11.8. The lowest BCUT2D eigenvalue weighted by Crippen LogP contribution is -2.00. The first-order valence-electron chi connectivity index (χ1n) is 8.61. The normalized spacial score (nSPS) is 12.1. The summed E-state index contributed by atoms with van der Waals surface area (Å²) in [5.41, 5.74) is 3.05. The molecule has 0 aliphatic rings. The number of benzene rings is 3. The van der Waals surface area contributed by atoms with Crippen molar-refractivity contribution in [2.45, 2.75) is 11.8 Å². The molecule has 4 rings (SSSR count). The molecule has 0 saturated carbocycles. The van der Waals surface area contributed by atoms with Crippen LogP contribution in [0.5, 0.6) is 5.75 Å². The molecule has 1 aromatic heterocycles. The van der Waals surface area contributed by atoms with E-state index in [1.165, 1.54) is 11.3 Å². The van der Waals surface area contributed by atoms with Gasteiger partial charge in [-0.2, -0.15) is 18.6 Å². The van der Waals surface area contributed by atoms with E-state index < -0.39 is 10.1 Å². The third kappa shape index (κ3) is 4.21. The molecular formula is C20H14IN3O4S2. The maximum absolute atomic E-state index is 11.8. The standard InChI is InChI=1S/C20H14IN3O4S2/c1-11-2-8-16-18(19(11)30(26,27)28)29-20(22-16)12-3-5-13(6-4-12)23-24-14-7-9-17(25)15(21)10-14/h2-10,25H,1H3,(H,26,27,28). The molecule has 152 valence electrons. The topological polar surface area (TPSA) is 112 Å². The number of azo groups is 1. The Balaban J connectivity index is 1.65. The Morgan fingerprint density at radius 1 is 1.00 bits per heavy atom. The van der Waals surface area contributed by atoms with Crippen molar-refractivity contribution < 1.29 is 18.1 Å². The fraction of sp³-hybridized carbons (Fsp3) is 0.0500. The maximum Gasteiger partial charge on any atom is 0.296 e. The zero-order chi connectivity index (χ0) is 21.5. The van der Waals surface area contributed by atoms with Crippen LogP contribution in [-0.4, -0.2) is 23.1 Å². The Kier molecular flexibility index (Phi) is 5.57. The molecule has 0 fully saturated rings. The molecule has 0 amide bonds. The molecule has 0 unspecified atom stereocenters. The van der Waals surface area contributed by atoms with E-state index in [2.05, 4.69) is 15.2 Å². The highest BCUT2D eigenvalue weighted by molar-refractivity contribution is 14.1. The molecule has 0 bridgehead atoms. The number of nitrogens with zero attached hydrogens (tertiary/aromatic N) is 3. The molecule has 1 heterocycles. The van der Waals surface area contributed by atoms with Gasteiger partial charge in [-0.3, -0.25) is 4.55 Å². The van der Waals surface area contributed by atoms with Crippen LogP contribution in [0, 0.1) is 10.5 Å². The van der Waals surface area contributed by atoms with Crippen LogP contribution < -0.4 is 0 Å². The number of aryl methyl sites for hydroxylation is 1. The second-order valence-electron chi connectivity index (χ2n) is 6.44. The number of phenols is 1. The van der Waals surface area contributed by atoms with Gasteiger partial charge in [-0.05, 0) is 83.6 Å². The Morgan fingerprint density at radius 3 is 2.33 bits per heavy atom. The minimum absolute atomic E-state index is 0.0994. The second-order valence-corrected chi connectivity index (χ2v) is 9.96. The summed E-state index contributed by atoms with van der Waals surface area (Å²) < 4.78 is 34.3. The van der Waals surface area contributed by atoms with Crippen LogP contribution in [0.3, 0.4) is 0 Å². The molecule has 4 aromatic rings. The van der Waals surface area contributed by atoms with Crippen molar-refractivity contribution in [3.05, 3.63) is 63.7 Å². The predicted molar refractivity (Wildman–Crippen MR) is 125 cm³/mol. The van der Waals surface area contributed by atoms with Crippen LogP contribution in [-0.2, 0) is 10.1 Å². The van der Waals surface area contributed by atoms with Crippen LogP contribution in [0.4, 0.5) is 11.4 Å². The third-order valence-electron chi connectivity index (χ3n) is 4.29. The second kappa shape index (κ2) is 8.02. The van der Waals surface area contributed by atoms with Gasteiger partial charge in [-0.15, -0.1) is 11.3 Å². The SMILES string of the molecule is Cc1ccc2nc(-c3ccc(N=Nc4ccc(O)c(I)c4)cc3)sc2c1S(=O)(=O)O. The highest BCUT2D eigenvalue weighted by Gasteiger charge is 2.20. The first kappa shape index (κ1) is 20.8. The summed E-state index contributed by atoms with van der Waals surface area (Å²) >= 11 is 3.23. The minimum Gasteiger partial charge on any atom is -0.507 e. The van der Waals surface area contributed by atoms with Gasteiger partial charge in [0.25, 0.3) is 10.1 Å². The van der Waals surface area contributed by atoms with Gasteiger partial charge in [0.15, 0.2) is 0 Å². The molecule has 0 saturated heterocycles. The number of aromatic hydroxyl groups is 1. The average molecular weight is 551 g/mol. The molecule has 10 heteroatoms. The lowest BCUT2D eigenvalue weighted by atomic mass is 10.2. The van der Waals surface area contributed by atoms with E-state index in [-0.39, 0.29) is 10.6 Å². The summed E-state index contributed by atoms with van der Waals surface area (Å²) in [6, 6.07) is 15.5. The fourth-order valence-corrected chi connectivity index (χ4v) is 5.67. The number of phenolic OH excluding ortho intramolecular Hbond substituents is 1. The minimum atomic E-state index is -4.35. The molecule has 0 aliphatic carbocycles. The largest absolute Gasteiger partial charge is 0.507 e. The van der Waals surface area contributed by atoms with Gasteiger partial charge in [0.2, 0.25) is 0 Å². The summed E-state index contributed by atoms with van der Waals surface area (Å²) in [6.07, 6.45) is 0. The predicted octanol–water partition coefficient (Wildman–Crippen LogP) is 6.24. The molecule has 0 spiro atoms. The zero-order valence-electron chi connectivity index (χ0n) is 15.4. The van der Waals surface area contributed by atoms with Crippen molar-refractivity contribution in [3.8, 4) is 16.3 Å². The van der Waals surface area contributed by atoms with E-state index in [0.717, 1.165) is 5.56 Å². The van der Waals surface area contributed by atoms with Gasteiger partial charge < -0.3 is 5.11 Å². The Morgan fingerprint density at radius 2 is 1.67 bits per heavy atom. The van der Waals surface area contributed by atoms with Gasteiger partial charge >= 0.3 is 0 Å². The highest BCUT2D eigenvalue weighted by Crippen LogP contribution is 2.36. The molecule has 2 N–H and O–H groups in total. The molecule has 7 nitrogen and oxygen atoms in total. The fourth-order valence-electron chi connectivity index (χ4n) is 2.85. The summed E-state index contributed by atoms with van der Waals surface area (Å²) in [7, 11) is -4.35. The number of aromatic nitrogens is 1. The average Bonchev–Trinajstić information content (AvgIpc) is 3.12. The first-order valence-corrected chi connectivity index (χ1v) is 11.9. The van der Waals surface area contributed by atoms with E-state index >= 15 is 0 Å². The number of hydrogen-bond acceptors (Lipinski definition) is 7. The summed E-state index contributed by atoms with van der Waals surface area (Å²) in [4.78, 5) is 4.40. The van der Waals surface area contributed by atoms with Gasteiger partial charge in [-0.1, -0.05) is 6.07 Å². The van der Waals surface area contributed by atoms with E-state index in [4.69, 9.17) is 0 Å². The van der Waals surface area contributed by atoms with Crippen molar-refractivity contribution >= 4 is 65.6 Å². The van der Waals surface area contributed by atoms with Gasteiger partial charge in [-0.25, -0.2) is 4.98 Å². The molecule has 0 aliphatic heterocycles. The molecule has 30 heavy (non-hydrogen) atoms. The first-order chi connectivity index (χ1) is 14.2. The quantitative estimate of drug-likeness (QED) is 0.177. The molecular weight excluding hydrogens is 537 g/mol. The molecule has 3 aromatic carbocycles. The van der Waals surface area contributed by atoms with Crippen LogP contribution in [0.2, 0.25) is 0 Å². The number of hydrogen-bond donors (Lipinski definition) is 2. The van der Waals surface area contributed by atoms with Crippen LogP contribution in [0.15, 0.2) is 69.7 Å². The van der Waals surface area contributed by atoms with Crippen molar-refractivity contribution in [3.63, 3.8) is 0 Å². The lowest BCUT2D eigenvalue weighted by Gasteiger charge is -2.02. The molecule has 0 atom stereocenters. The van der Waals surface area contributed by atoms with Crippen LogP contribution in [0.25, 0.3) is 20.8 Å². The smallest absolute Gasteiger partial charge is 0.296 e. The number of halogens is 1. The number of thiazole rings is 1. The summed E-state index contributed by atoms with van der Waals surface area (Å²) in [6.45, 7) is 1.64. The number of rotatable bonds is 4. The highest BCUT2D eigenvalue weighted by atomic mass is 127. The van der Waals surface area contributed by atoms with Crippen LogP contribution >= 0.6 is 33.9 Å². The number of fused-ring (bicyclic) bond motifs is 1. The van der Waals surface area contributed by atoms with Gasteiger partial charge in [0.05, 0.1) is 25.2 Å². The Hall–Kier alpha value is -2.41. The lowest BCUT2D eigenvalue weighted by molar-refractivity contribution is 0.471. The van der Waals surface area contributed by atoms with Crippen molar-refractivity contribution in [1.29, 1.82) is 0 Å². The monoisotopic (exact) mass is 551 g/mol. The van der Waals surface area contributed by atoms with Crippen LogP contribution in [0.1, 0.15) is 5.56 Å². The van der Waals surface area contributed by atoms with E-state index in [9.17, 15) is 18.1 Å². The van der Waals surface area contributed by atoms with Crippen molar-refractivity contribution in [1.82, 2.24) is 4.98 Å². The van der Waals surface area contributed by atoms with Crippen molar-refractivity contribution in [2.24, 2.45) is 10.2 Å².